The molecule has 1 N–H and O–H groups in total. The van der Waals surface area contributed by atoms with Crippen molar-refractivity contribution >= 4 is 11.4 Å². The van der Waals surface area contributed by atoms with Crippen LogP contribution in [0.25, 0.3) is 0 Å². The molecule has 0 atom stereocenters. The number of halogens is 3. The van der Waals surface area contributed by atoms with Gasteiger partial charge in [0.05, 0.1) is 6.61 Å². The maximum absolute atomic E-state index is 14.2. The summed E-state index contributed by atoms with van der Waals surface area (Å²) in [6.45, 7) is 2.27. The predicted octanol–water partition coefficient (Wildman–Crippen LogP) is 3.99. The minimum atomic E-state index is -1.57. The Morgan fingerprint density at radius 3 is 2.04 bits per heavy atom. The van der Waals surface area contributed by atoms with E-state index in [1.807, 2.05) is 0 Å². The molecular weight excluding hydrogens is 307 g/mol. The van der Waals surface area contributed by atoms with E-state index in [9.17, 15) is 13.2 Å². The minimum absolute atomic E-state index is 0.263. The minimum Gasteiger partial charge on any atom is -0.494 e. The summed E-state index contributed by atoms with van der Waals surface area (Å²) in [5, 5.41) is 20.0. The van der Waals surface area contributed by atoms with Crippen LogP contribution in [-0.2, 0) is 0 Å². The third kappa shape index (κ3) is 3.04. The maximum Gasteiger partial charge on any atom is 0.186 e. The molecule has 0 bridgehead atoms. The zero-order valence-electron chi connectivity index (χ0n) is 12.0. The molecule has 2 rings (SSSR count). The summed E-state index contributed by atoms with van der Waals surface area (Å²) in [4.78, 5) is 0. The monoisotopic (exact) mass is 317 g/mol. The molecule has 116 valence electrons. The van der Waals surface area contributed by atoms with E-state index in [0.717, 1.165) is 0 Å². The van der Waals surface area contributed by atoms with Crippen LogP contribution >= 0.6 is 0 Å². The van der Waals surface area contributed by atoms with Crippen LogP contribution in [0.5, 0.6) is 5.75 Å². The Bertz CT molecular complexity index is 821. The highest BCUT2D eigenvalue weighted by atomic mass is 19.2. The Hall–Kier alpha value is -3.19. The van der Waals surface area contributed by atoms with Gasteiger partial charge in [0.2, 0.25) is 0 Å². The second-order valence-electron chi connectivity index (χ2n) is 4.37. The first-order chi connectivity index (χ1) is 11.0. The lowest BCUT2D eigenvalue weighted by Crippen LogP contribution is -2.06. The van der Waals surface area contributed by atoms with Gasteiger partial charge in [0.25, 0.3) is 0 Å². The van der Waals surface area contributed by atoms with E-state index in [1.54, 1.807) is 19.1 Å². The third-order valence-corrected chi connectivity index (χ3v) is 2.98. The number of nitriles is 2. The number of anilines is 2. The predicted molar refractivity (Wildman–Crippen MR) is 76.6 cm³/mol. The Labute approximate surface area is 130 Å². The van der Waals surface area contributed by atoms with Crippen molar-refractivity contribution in [3.05, 3.63) is 52.8 Å². The summed E-state index contributed by atoms with van der Waals surface area (Å²) in [7, 11) is 0. The molecule has 0 heterocycles. The molecule has 2 aromatic carbocycles. The number of hydrogen-bond acceptors (Lipinski definition) is 4. The van der Waals surface area contributed by atoms with Crippen molar-refractivity contribution in [2.45, 2.75) is 6.92 Å². The fourth-order valence-electron chi connectivity index (χ4n) is 1.93. The number of hydrogen-bond donors (Lipinski definition) is 1. The molecule has 0 aliphatic heterocycles. The van der Waals surface area contributed by atoms with Crippen molar-refractivity contribution in [3.63, 3.8) is 0 Å². The molecule has 0 radical (unpaired) electrons. The van der Waals surface area contributed by atoms with Crippen LogP contribution in [0, 0.1) is 40.1 Å². The number of benzene rings is 2. The zero-order chi connectivity index (χ0) is 17.0. The number of nitrogens with zero attached hydrogens (tertiary/aromatic N) is 2. The van der Waals surface area contributed by atoms with Crippen LogP contribution in [0.3, 0.4) is 0 Å². The van der Waals surface area contributed by atoms with E-state index in [2.05, 4.69) is 5.32 Å². The Kier molecular flexibility index (Phi) is 4.72. The van der Waals surface area contributed by atoms with E-state index >= 15 is 0 Å². The fourth-order valence-corrected chi connectivity index (χ4v) is 1.93. The normalized spacial score (nSPS) is 9.83. The molecule has 0 saturated carbocycles. The molecule has 4 nitrogen and oxygen atoms in total. The average Bonchev–Trinajstić information content (AvgIpc) is 2.56. The molecule has 2 aromatic rings. The molecule has 23 heavy (non-hydrogen) atoms. The van der Waals surface area contributed by atoms with Gasteiger partial charge >= 0.3 is 0 Å². The first kappa shape index (κ1) is 16.2. The van der Waals surface area contributed by atoms with Gasteiger partial charge < -0.3 is 10.1 Å². The van der Waals surface area contributed by atoms with Gasteiger partial charge in [-0.05, 0) is 31.2 Å². The van der Waals surface area contributed by atoms with Crippen molar-refractivity contribution in [3.8, 4) is 17.9 Å². The first-order valence-electron chi connectivity index (χ1n) is 6.54. The highest BCUT2D eigenvalue weighted by Gasteiger charge is 2.25. The molecule has 0 aliphatic carbocycles. The van der Waals surface area contributed by atoms with Crippen LogP contribution in [0.4, 0.5) is 24.5 Å². The summed E-state index contributed by atoms with van der Waals surface area (Å²) in [6.07, 6.45) is 0. The molecule has 0 aromatic heterocycles. The lowest BCUT2D eigenvalue weighted by molar-refractivity contribution is 0.340. The molecule has 0 aliphatic rings. The summed E-state index contributed by atoms with van der Waals surface area (Å²) < 4.78 is 47.1. The first-order valence-corrected chi connectivity index (χ1v) is 6.54. The van der Waals surface area contributed by atoms with Crippen LogP contribution in [0.1, 0.15) is 18.1 Å². The van der Waals surface area contributed by atoms with Crippen molar-refractivity contribution in [2.75, 3.05) is 11.9 Å². The quantitative estimate of drug-likeness (QED) is 0.866. The van der Waals surface area contributed by atoms with Gasteiger partial charge in [0.15, 0.2) is 17.5 Å². The maximum atomic E-state index is 14.2. The lowest BCUT2D eigenvalue weighted by atomic mass is 10.1. The molecule has 0 fully saturated rings. The van der Waals surface area contributed by atoms with Crippen molar-refractivity contribution in [1.29, 1.82) is 10.5 Å². The van der Waals surface area contributed by atoms with Gasteiger partial charge in [-0.2, -0.15) is 10.5 Å². The van der Waals surface area contributed by atoms with Crippen molar-refractivity contribution < 1.29 is 17.9 Å². The van der Waals surface area contributed by atoms with E-state index in [-0.39, 0.29) is 5.69 Å². The molecule has 0 amide bonds. The van der Waals surface area contributed by atoms with Crippen LogP contribution in [-0.4, -0.2) is 6.61 Å². The van der Waals surface area contributed by atoms with E-state index in [0.29, 0.717) is 12.4 Å². The van der Waals surface area contributed by atoms with Crippen LogP contribution in [0.2, 0.25) is 0 Å². The van der Waals surface area contributed by atoms with Gasteiger partial charge in [-0.1, -0.05) is 0 Å². The SMILES string of the molecule is CCOc1ccc(Nc2c(F)c(F)c(C#N)c(C#N)c2F)cc1. The molecule has 0 unspecified atom stereocenters. The van der Waals surface area contributed by atoms with Gasteiger partial charge in [0.1, 0.15) is 34.7 Å². The van der Waals surface area contributed by atoms with Crippen molar-refractivity contribution in [2.24, 2.45) is 0 Å². The van der Waals surface area contributed by atoms with Gasteiger partial charge in [-0.15, -0.1) is 0 Å². The zero-order valence-corrected chi connectivity index (χ0v) is 12.0. The van der Waals surface area contributed by atoms with E-state index < -0.39 is 34.3 Å². The van der Waals surface area contributed by atoms with Gasteiger partial charge in [0, 0.05) is 5.69 Å². The van der Waals surface area contributed by atoms with Crippen molar-refractivity contribution in [1.82, 2.24) is 0 Å². The number of nitrogens with one attached hydrogen (secondary N) is 1. The molecule has 7 heteroatoms. The van der Waals surface area contributed by atoms with Crippen LogP contribution < -0.4 is 10.1 Å². The van der Waals surface area contributed by atoms with Gasteiger partial charge in [-0.25, -0.2) is 13.2 Å². The Balaban J connectivity index is 2.46. The second kappa shape index (κ2) is 6.71. The third-order valence-electron chi connectivity index (χ3n) is 2.98. The highest BCUT2D eigenvalue weighted by Crippen LogP contribution is 2.31. The lowest BCUT2D eigenvalue weighted by Gasteiger charge is -2.12. The molecule has 0 spiro atoms. The van der Waals surface area contributed by atoms with E-state index in [4.69, 9.17) is 15.3 Å². The largest absolute Gasteiger partial charge is 0.494 e. The summed E-state index contributed by atoms with van der Waals surface area (Å²) in [6, 6.07) is 8.74. The van der Waals surface area contributed by atoms with Crippen LogP contribution in [0.15, 0.2) is 24.3 Å². The fraction of sp³-hybridized carbons (Fsp3) is 0.125. The molecule has 0 saturated heterocycles. The average molecular weight is 317 g/mol. The summed E-state index contributed by atoms with van der Waals surface area (Å²) >= 11 is 0. The Morgan fingerprint density at radius 2 is 1.52 bits per heavy atom. The second-order valence-corrected chi connectivity index (χ2v) is 4.37. The topological polar surface area (TPSA) is 68.8 Å². The Morgan fingerprint density at radius 1 is 0.957 bits per heavy atom. The smallest absolute Gasteiger partial charge is 0.186 e. The summed E-state index contributed by atoms with van der Waals surface area (Å²) in [5.41, 5.74) is -2.37. The molecular formula is C16H10F3N3O. The van der Waals surface area contributed by atoms with E-state index in [1.165, 1.54) is 24.3 Å². The standard InChI is InChI=1S/C16H10F3N3O/c1-2-23-10-5-3-9(4-6-10)22-16-14(18)12(8-21)11(7-20)13(17)15(16)19/h3-6,22H,2H2,1H3. The highest BCUT2D eigenvalue weighted by molar-refractivity contribution is 5.66. The van der Waals surface area contributed by atoms with Gasteiger partial charge in [-0.3, -0.25) is 0 Å². The number of rotatable bonds is 4. The summed E-state index contributed by atoms with van der Waals surface area (Å²) in [5.74, 6) is -3.90. The number of ether oxygens (including phenoxy) is 1.